The fourth-order valence-corrected chi connectivity index (χ4v) is 4.55. The minimum absolute atomic E-state index is 0.0372. The summed E-state index contributed by atoms with van der Waals surface area (Å²) in [7, 11) is 1.63. The highest BCUT2D eigenvalue weighted by Crippen LogP contribution is 2.51. The number of hydrogen-bond acceptors (Lipinski definition) is 3. The number of hydrogen-bond donors (Lipinski definition) is 0. The summed E-state index contributed by atoms with van der Waals surface area (Å²) >= 11 is 0. The average Bonchev–Trinajstić information content (AvgIpc) is 2.76. The van der Waals surface area contributed by atoms with Crippen molar-refractivity contribution in [2.45, 2.75) is 94.6 Å². The first-order valence-electron chi connectivity index (χ1n) is 11.0. The number of carbonyl (C=O) groups is 2. The number of unbranched alkanes of at least 4 members (excludes halogenated alkanes) is 1. The molecule has 0 N–H and O–H groups in total. The highest BCUT2D eigenvalue weighted by Gasteiger charge is 2.58. The van der Waals surface area contributed by atoms with E-state index in [1.165, 1.54) is 4.90 Å². The van der Waals surface area contributed by atoms with Crippen molar-refractivity contribution < 1.29 is 14.3 Å². The Hall–Kier alpha value is -0.900. The highest BCUT2D eigenvalue weighted by atomic mass is 16.5. The predicted molar refractivity (Wildman–Crippen MR) is 116 cm³/mol. The first-order valence-corrected chi connectivity index (χ1v) is 11.0. The Kier molecular flexibility index (Phi) is 7.95. The zero-order valence-corrected chi connectivity index (χ0v) is 20.3. The molecule has 4 heteroatoms. The van der Waals surface area contributed by atoms with E-state index in [0.717, 1.165) is 25.9 Å². The lowest BCUT2D eigenvalue weighted by Gasteiger charge is -2.45. The minimum Gasteiger partial charge on any atom is -0.378 e. The molecule has 28 heavy (non-hydrogen) atoms. The fraction of sp³-hybridized carbons (Fsp3) is 0.917. The Morgan fingerprint density at radius 1 is 0.964 bits per heavy atom. The predicted octanol–water partition coefficient (Wildman–Crippen LogP) is 5.55. The molecule has 4 unspecified atom stereocenters. The molecule has 2 amide bonds. The van der Waals surface area contributed by atoms with Gasteiger partial charge in [-0.2, -0.15) is 0 Å². The maximum atomic E-state index is 13.2. The largest absolute Gasteiger partial charge is 0.378 e. The minimum atomic E-state index is -0.350. The van der Waals surface area contributed by atoms with Gasteiger partial charge in [0, 0.05) is 13.7 Å². The molecule has 0 saturated carbocycles. The van der Waals surface area contributed by atoms with Crippen LogP contribution in [0.2, 0.25) is 0 Å². The summed E-state index contributed by atoms with van der Waals surface area (Å²) in [5.74, 6) is -0.542. The van der Waals surface area contributed by atoms with E-state index in [-0.39, 0.29) is 51.9 Å². The molecule has 164 valence electrons. The van der Waals surface area contributed by atoms with Crippen molar-refractivity contribution in [2.24, 2.45) is 34.0 Å². The van der Waals surface area contributed by atoms with Gasteiger partial charge in [0.1, 0.15) is 0 Å². The second-order valence-corrected chi connectivity index (χ2v) is 11.7. The van der Waals surface area contributed by atoms with Gasteiger partial charge < -0.3 is 4.74 Å². The lowest BCUT2D eigenvalue weighted by atomic mass is 9.59. The van der Waals surface area contributed by atoms with Crippen molar-refractivity contribution in [2.75, 3.05) is 13.7 Å². The Balaban J connectivity index is 3.26. The second kappa shape index (κ2) is 8.85. The second-order valence-electron chi connectivity index (χ2n) is 11.7. The molecule has 1 fully saturated rings. The third-order valence-corrected chi connectivity index (χ3v) is 6.64. The van der Waals surface area contributed by atoms with Crippen molar-refractivity contribution in [3.63, 3.8) is 0 Å². The lowest BCUT2D eigenvalue weighted by Crippen LogP contribution is -2.47. The molecule has 0 bridgehead atoms. The van der Waals surface area contributed by atoms with Crippen LogP contribution in [0.1, 0.15) is 88.5 Å². The van der Waals surface area contributed by atoms with Gasteiger partial charge in [0.2, 0.25) is 11.8 Å². The standard InChI is InChI=1S/C24H45NO3/c1-12-13-14-28-17(15-22(3,4)5)16(2)24(9,10)19-18(23(6,7)8)20(26)25(11)21(19)27/h16-19H,12-15H2,1-11H3. The maximum Gasteiger partial charge on any atom is 0.233 e. The number of carbonyl (C=O) groups excluding carboxylic acids is 2. The van der Waals surface area contributed by atoms with Gasteiger partial charge in [-0.05, 0) is 35.0 Å². The first kappa shape index (κ1) is 25.1. The molecule has 0 aromatic rings. The number of likely N-dealkylation sites (tertiary alicyclic amines) is 1. The maximum absolute atomic E-state index is 13.2. The smallest absolute Gasteiger partial charge is 0.233 e. The summed E-state index contributed by atoms with van der Waals surface area (Å²) in [5, 5.41) is 0. The van der Waals surface area contributed by atoms with Gasteiger partial charge in [-0.15, -0.1) is 0 Å². The fourth-order valence-electron chi connectivity index (χ4n) is 4.55. The van der Waals surface area contributed by atoms with E-state index in [0.29, 0.717) is 0 Å². The molecule has 0 aromatic heterocycles. The molecular formula is C24H45NO3. The van der Waals surface area contributed by atoms with Gasteiger partial charge in [0.25, 0.3) is 0 Å². The van der Waals surface area contributed by atoms with Crippen LogP contribution in [0.25, 0.3) is 0 Å². The summed E-state index contributed by atoms with van der Waals surface area (Å²) in [6.45, 7) is 22.4. The van der Waals surface area contributed by atoms with E-state index in [4.69, 9.17) is 4.74 Å². The Morgan fingerprint density at radius 2 is 1.46 bits per heavy atom. The van der Waals surface area contributed by atoms with Gasteiger partial charge in [-0.1, -0.05) is 75.7 Å². The van der Waals surface area contributed by atoms with Crippen molar-refractivity contribution in [3.05, 3.63) is 0 Å². The molecule has 1 saturated heterocycles. The molecule has 1 aliphatic heterocycles. The van der Waals surface area contributed by atoms with E-state index in [1.807, 2.05) is 0 Å². The SMILES string of the molecule is CCCCOC(CC(C)(C)C)C(C)C(C)(C)C1C(=O)N(C)C(=O)C1C(C)(C)C. The zero-order valence-electron chi connectivity index (χ0n) is 20.3. The molecule has 1 aliphatic rings. The lowest BCUT2D eigenvalue weighted by molar-refractivity contribution is -0.140. The van der Waals surface area contributed by atoms with Crippen LogP contribution in [0, 0.1) is 34.0 Å². The van der Waals surface area contributed by atoms with Crippen LogP contribution in [0.3, 0.4) is 0 Å². The molecule has 0 aliphatic carbocycles. The summed E-state index contributed by atoms with van der Waals surface area (Å²) < 4.78 is 6.37. The molecular weight excluding hydrogens is 350 g/mol. The summed E-state index contributed by atoms with van der Waals surface area (Å²) in [6.07, 6.45) is 3.15. The molecule has 1 rings (SSSR count). The van der Waals surface area contributed by atoms with Crippen LogP contribution in [0.5, 0.6) is 0 Å². The number of nitrogens with zero attached hydrogens (tertiary/aromatic N) is 1. The summed E-state index contributed by atoms with van der Waals surface area (Å²) in [6, 6.07) is 0. The number of amides is 2. The van der Waals surface area contributed by atoms with Crippen molar-refractivity contribution in [3.8, 4) is 0 Å². The molecule has 0 radical (unpaired) electrons. The van der Waals surface area contributed by atoms with Gasteiger partial charge in [-0.3, -0.25) is 14.5 Å². The number of rotatable bonds is 8. The summed E-state index contributed by atoms with van der Waals surface area (Å²) in [5.41, 5.74) is -0.476. The van der Waals surface area contributed by atoms with Gasteiger partial charge in [-0.25, -0.2) is 0 Å². The quantitative estimate of drug-likeness (QED) is 0.400. The molecule has 0 aromatic carbocycles. The Morgan fingerprint density at radius 3 is 1.89 bits per heavy atom. The molecule has 4 nitrogen and oxygen atoms in total. The average molecular weight is 396 g/mol. The van der Waals surface area contributed by atoms with Crippen LogP contribution in [0.15, 0.2) is 0 Å². The molecule has 0 spiro atoms. The van der Waals surface area contributed by atoms with E-state index >= 15 is 0 Å². The van der Waals surface area contributed by atoms with Crippen LogP contribution in [-0.2, 0) is 14.3 Å². The van der Waals surface area contributed by atoms with E-state index in [1.54, 1.807) is 7.05 Å². The Labute approximate surface area is 173 Å². The first-order chi connectivity index (χ1) is 12.6. The Bertz CT molecular complexity index is 553. The highest BCUT2D eigenvalue weighted by molar-refractivity contribution is 6.05. The number of ether oxygens (including phenoxy) is 1. The normalized spacial score (nSPS) is 24.0. The van der Waals surface area contributed by atoms with E-state index < -0.39 is 0 Å². The van der Waals surface area contributed by atoms with Crippen LogP contribution >= 0.6 is 0 Å². The van der Waals surface area contributed by atoms with Gasteiger partial charge >= 0.3 is 0 Å². The third-order valence-electron chi connectivity index (χ3n) is 6.64. The molecule has 1 heterocycles. The molecule has 4 atom stereocenters. The van der Waals surface area contributed by atoms with Crippen LogP contribution in [-0.4, -0.2) is 36.5 Å². The topological polar surface area (TPSA) is 46.6 Å². The van der Waals surface area contributed by atoms with Crippen molar-refractivity contribution in [1.29, 1.82) is 0 Å². The van der Waals surface area contributed by atoms with Crippen LogP contribution < -0.4 is 0 Å². The van der Waals surface area contributed by atoms with Crippen LogP contribution in [0.4, 0.5) is 0 Å². The van der Waals surface area contributed by atoms with E-state index in [2.05, 4.69) is 69.2 Å². The van der Waals surface area contributed by atoms with Gasteiger partial charge in [0.15, 0.2) is 0 Å². The van der Waals surface area contributed by atoms with Crippen molar-refractivity contribution in [1.82, 2.24) is 4.90 Å². The zero-order chi connectivity index (χ0) is 22.1. The third kappa shape index (κ3) is 5.58. The monoisotopic (exact) mass is 395 g/mol. The summed E-state index contributed by atoms with van der Waals surface area (Å²) in [4.78, 5) is 27.4. The van der Waals surface area contributed by atoms with Crippen molar-refractivity contribution >= 4 is 11.8 Å². The van der Waals surface area contributed by atoms with Gasteiger partial charge in [0.05, 0.1) is 17.9 Å². The number of imide groups is 1. The van der Waals surface area contributed by atoms with E-state index in [9.17, 15) is 9.59 Å².